The van der Waals surface area contributed by atoms with Crippen LogP contribution in [-0.2, 0) is 5.75 Å². The standard InChI is InChI=1S/C19H23N3O2S/c1-3-23-17-10-16(11-18(12-17)24-4-2)13-21-22-19(20)25-14-15-8-6-5-7-9-15/h5-13H,3-4,14H2,1-2H3,(H2,20,22). The zero-order valence-electron chi connectivity index (χ0n) is 14.5. The van der Waals surface area contributed by atoms with Crippen molar-refractivity contribution in [3.8, 4) is 11.5 Å². The quantitative estimate of drug-likeness (QED) is 0.439. The van der Waals surface area contributed by atoms with Crippen molar-refractivity contribution >= 4 is 23.1 Å². The maximum absolute atomic E-state index is 5.89. The van der Waals surface area contributed by atoms with Gasteiger partial charge in [-0.2, -0.15) is 5.10 Å². The molecule has 0 radical (unpaired) electrons. The summed E-state index contributed by atoms with van der Waals surface area (Å²) in [6.45, 7) is 5.06. The molecule has 0 fully saturated rings. The first-order valence-electron chi connectivity index (χ1n) is 8.15. The first kappa shape index (κ1) is 18.9. The highest BCUT2D eigenvalue weighted by atomic mass is 32.2. The van der Waals surface area contributed by atoms with E-state index in [4.69, 9.17) is 15.2 Å². The Balaban J connectivity index is 1.99. The highest BCUT2D eigenvalue weighted by molar-refractivity contribution is 8.13. The number of benzene rings is 2. The Morgan fingerprint density at radius 2 is 1.68 bits per heavy atom. The van der Waals surface area contributed by atoms with E-state index in [1.165, 1.54) is 17.3 Å². The highest BCUT2D eigenvalue weighted by Crippen LogP contribution is 2.22. The van der Waals surface area contributed by atoms with Crippen LogP contribution < -0.4 is 15.2 Å². The van der Waals surface area contributed by atoms with Crippen LogP contribution in [0.4, 0.5) is 0 Å². The van der Waals surface area contributed by atoms with E-state index < -0.39 is 0 Å². The van der Waals surface area contributed by atoms with Crippen molar-refractivity contribution in [3.05, 3.63) is 59.7 Å². The number of rotatable bonds is 8. The number of thioether (sulfide) groups is 1. The van der Waals surface area contributed by atoms with Gasteiger partial charge in [0.1, 0.15) is 11.5 Å². The van der Waals surface area contributed by atoms with E-state index >= 15 is 0 Å². The van der Waals surface area contributed by atoms with E-state index in [0.29, 0.717) is 18.4 Å². The lowest BCUT2D eigenvalue weighted by molar-refractivity contribution is 0.323. The molecular formula is C19H23N3O2S. The molecule has 0 amide bonds. The summed E-state index contributed by atoms with van der Waals surface area (Å²) in [4.78, 5) is 0. The summed E-state index contributed by atoms with van der Waals surface area (Å²) in [5.41, 5.74) is 7.93. The minimum Gasteiger partial charge on any atom is -0.494 e. The van der Waals surface area contributed by atoms with Gasteiger partial charge in [0, 0.05) is 17.4 Å². The highest BCUT2D eigenvalue weighted by Gasteiger charge is 2.01. The van der Waals surface area contributed by atoms with Crippen molar-refractivity contribution < 1.29 is 9.47 Å². The molecule has 0 atom stereocenters. The Labute approximate surface area is 152 Å². The van der Waals surface area contributed by atoms with E-state index in [-0.39, 0.29) is 0 Å². The molecule has 0 saturated carbocycles. The molecule has 5 nitrogen and oxygen atoms in total. The summed E-state index contributed by atoms with van der Waals surface area (Å²) in [5, 5.41) is 8.52. The van der Waals surface area contributed by atoms with Crippen LogP contribution >= 0.6 is 11.8 Å². The Bertz CT molecular complexity index is 694. The number of hydrogen-bond donors (Lipinski definition) is 1. The van der Waals surface area contributed by atoms with Crippen LogP contribution in [0, 0.1) is 0 Å². The number of nitrogens with zero attached hydrogens (tertiary/aromatic N) is 2. The van der Waals surface area contributed by atoms with Crippen LogP contribution in [0.15, 0.2) is 58.7 Å². The second-order valence-corrected chi connectivity index (χ2v) is 6.06. The molecule has 0 heterocycles. The van der Waals surface area contributed by atoms with Gasteiger partial charge in [-0.3, -0.25) is 0 Å². The zero-order chi connectivity index (χ0) is 17.9. The Morgan fingerprint density at radius 3 is 2.28 bits per heavy atom. The molecule has 0 unspecified atom stereocenters. The Morgan fingerprint density at radius 1 is 1.04 bits per heavy atom. The molecule has 2 rings (SSSR count). The fourth-order valence-electron chi connectivity index (χ4n) is 2.08. The van der Waals surface area contributed by atoms with E-state index in [1.807, 2.05) is 50.2 Å². The summed E-state index contributed by atoms with van der Waals surface area (Å²) in [5.74, 6) is 2.25. The van der Waals surface area contributed by atoms with Gasteiger partial charge in [-0.05, 0) is 31.5 Å². The maximum atomic E-state index is 5.89. The molecule has 25 heavy (non-hydrogen) atoms. The van der Waals surface area contributed by atoms with Gasteiger partial charge >= 0.3 is 0 Å². The molecule has 0 aliphatic carbocycles. The van der Waals surface area contributed by atoms with Crippen LogP contribution in [0.1, 0.15) is 25.0 Å². The number of hydrogen-bond acceptors (Lipinski definition) is 5. The van der Waals surface area contributed by atoms with Gasteiger partial charge in [-0.1, -0.05) is 42.1 Å². The van der Waals surface area contributed by atoms with E-state index in [9.17, 15) is 0 Å². The summed E-state index contributed by atoms with van der Waals surface area (Å²) in [6, 6.07) is 15.7. The molecule has 2 N–H and O–H groups in total. The second kappa shape index (κ2) is 10.4. The predicted octanol–water partition coefficient (Wildman–Crippen LogP) is 4.07. The average Bonchev–Trinajstić information content (AvgIpc) is 2.61. The molecule has 0 aromatic heterocycles. The lowest BCUT2D eigenvalue weighted by atomic mass is 10.2. The summed E-state index contributed by atoms with van der Waals surface area (Å²) in [6.07, 6.45) is 1.64. The minimum absolute atomic E-state index is 0.422. The van der Waals surface area contributed by atoms with Crippen molar-refractivity contribution in [2.24, 2.45) is 15.9 Å². The number of amidine groups is 1. The first-order valence-corrected chi connectivity index (χ1v) is 9.13. The largest absolute Gasteiger partial charge is 0.494 e. The van der Waals surface area contributed by atoms with Gasteiger partial charge in [0.2, 0.25) is 0 Å². The number of ether oxygens (including phenoxy) is 2. The Hall–Kier alpha value is -2.47. The van der Waals surface area contributed by atoms with Gasteiger partial charge < -0.3 is 15.2 Å². The zero-order valence-corrected chi connectivity index (χ0v) is 15.3. The van der Waals surface area contributed by atoms with Gasteiger partial charge in [0.25, 0.3) is 0 Å². The maximum Gasteiger partial charge on any atom is 0.180 e. The van der Waals surface area contributed by atoms with Gasteiger partial charge in [-0.15, -0.1) is 5.10 Å². The molecule has 0 saturated heterocycles. The summed E-state index contributed by atoms with van der Waals surface area (Å²) >= 11 is 1.45. The third-order valence-corrected chi connectivity index (χ3v) is 3.97. The first-order chi connectivity index (χ1) is 12.2. The van der Waals surface area contributed by atoms with Crippen molar-refractivity contribution in [1.29, 1.82) is 0 Å². The van der Waals surface area contributed by atoms with Crippen LogP contribution in [-0.4, -0.2) is 24.6 Å². The van der Waals surface area contributed by atoms with Crippen molar-refractivity contribution in [2.45, 2.75) is 19.6 Å². The lowest BCUT2D eigenvalue weighted by Gasteiger charge is -2.08. The topological polar surface area (TPSA) is 69.2 Å². The van der Waals surface area contributed by atoms with E-state index in [1.54, 1.807) is 6.21 Å². The molecule has 6 heteroatoms. The van der Waals surface area contributed by atoms with Crippen LogP contribution in [0.3, 0.4) is 0 Å². The molecule has 0 bridgehead atoms. The average molecular weight is 357 g/mol. The predicted molar refractivity (Wildman–Crippen MR) is 106 cm³/mol. The van der Waals surface area contributed by atoms with E-state index in [2.05, 4.69) is 22.3 Å². The third kappa shape index (κ3) is 6.89. The van der Waals surface area contributed by atoms with Crippen molar-refractivity contribution in [3.63, 3.8) is 0 Å². The van der Waals surface area contributed by atoms with Gasteiger partial charge in [0.15, 0.2) is 5.17 Å². The summed E-state index contributed by atoms with van der Waals surface area (Å²) in [7, 11) is 0. The molecule has 2 aromatic rings. The molecular weight excluding hydrogens is 334 g/mol. The third-order valence-electron chi connectivity index (χ3n) is 3.12. The number of nitrogens with two attached hydrogens (primary N) is 1. The van der Waals surface area contributed by atoms with E-state index in [0.717, 1.165) is 22.8 Å². The lowest BCUT2D eigenvalue weighted by Crippen LogP contribution is -2.06. The normalized spacial score (nSPS) is 11.7. The second-order valence-electron chi connectivity index (χ2n) is 5.06. The molecule has 132 valence electrons. The summed E-state index contributed by atoms with van der Waals surface area (Å²) < 4.78 is 11.1. The fraction of sp³-hybridized carbons (Fsp3) is 0.263. The smallest absolute Gasteiger partial charge is 0.180 e. The van der Waals surface area contributed by atoms with Crippen LogP contribution in [0.5, 0.6) is 11.5 Å². The van der Waals surface area contributed by atoms with Crippen molar-refractivity contribution in [1.82, 2.24) is 0 Å². The molecule has 0 spiro atoms. The van der Waals surface area contributed by atoms with Gasteiger partial charge in [0.05, 0.1) is 19.4 Å². The fourth-order valence-corrected chi connectivity index (χ4v) is 2.69. The molecule has 2 aromatic carbocycles. The van der Waals surface area contributed by atoms with Crippen molar-refractivity contribution in [2.75, 3.05) is 13.2 Å². The molecule has 0 aliphatic rings. The molecule has 0 aliphatic heterocycles. The van der Waals surface area contributed by atoms with Crippen LogP contribution in [0.2, 0.25) is 0 Å². The SMILES string of the molecule is CCOc1cc(C=NN=C(N)SCc2ccccc2)cc(OCC)c1. The monoisotopic (exact) mass is 357 g/mol. The van der Waals surface area contributed by atoms with Crippen LogP contribution in [0.25, 0.3) is 0 Å². The Kier molecular flexibility index (Phi) is 7.85. The van der Waals surface area contributed by atoms with Gasteiger partial charge in [-0.25, -0.2) is 0 Å². The minimum atomic E-state index is 0.422.